The molecular formula is C21H28N4O. The van der Waals surface area contributed by atoms with Crippen molar-refractivity contribution in [2.24, 2.45) is 23.5 Å². The summed E-state index contributed by atoms with van der Waals surface area (Å²) in [6, 6.07) is 12.5. The molecule has 2 bridgehead atoms. The standard InChI is InChI=1S/C21H28N4O/c22-20-16-7-4-8-17(20)14-18(13-16)21(26)24-19-9-11-23-25(19)12-10-15-5-2-1-3-6-15/h1-3,5-6,9,11,16-18,20H,4,7-8,10,12-14,22H2,(H,24,26). The molecule has 1 amide bonds. The van der Waals surface area contributed by atoms with Crippen molar-refractivity contribution < 1.29 is 4.79 Å². The lowest BCUT2D eigenvalue weighted by molar-refractivity contribution is -0.122. The third-order valence-electron chi connectivity index (χ3n) is 6.21. The van der Waals surface area contributed by atoms with E-state index in [-0.39, 0.29) is 11.8 Å². The van der Waals surface area contributed by atoms with Crippen LogP contribution in [-0.4, -0.2) is 21.7 Å². The molecule has 1 aromatic heterocycles. The number of aryl methyl sites for hydroxylation is 2. The molecular weight excluding hydrogens is 324 g/mol. The van der Waals surface area contributed by atoms with Crippen LogP contribution in [0, 0.1) is 17.8 Å². The second kappa shape index (κ2) is 7.62. The van der Waals surface area contributed by atoms with E-state index in [9.17, 15) is 4.79 Å². The van der Waals surface area contributed by atoms with Gasteiger partial charge in [-0.2, -0.15) is 5.10 Å². The normalized spacial score (nSPS) is 27.9. The third-order valence-corrected chi connectivity index (χ3v) is 6.21. The molecule has 1 aromatic carbocycles. The van der Waals surface area contributed by atoms with Crippen molar-refractivity contribution in [1.29, 1.82) is 0 Å². The number of aromatic nitrogens is 2. The quantitative estimate of drug-likeness (QED) is 0.868. The summed E-state index contributed by atoms with van der Waals surface area (Å²) in [5.74, 6) is 2.05. The van der Waals surface area contributed by atoms with Gasteiger partial charge in [0.15, 0.2) is 0 Å². The fraction of sp³-hybridized carbons (Fsp3) is 0.524. The number of carbonyl (C=O) groups is 1. The van der Waals surface area contributed by atoms with E-state index in [0.717, 1.165) is 31.6 Å². The Morgan fingerprint density at radius 2 is 1.88 bits per heavy atom. The summed E-state index contributed by atoms with van der Waals surface area (Å²) < 4.78 is 1.89. The number of nitrogens with two attached hydrogens (primary N) is 1. The van der Waals surface area contributed by atoms with Crippen molar-refractivity contribution in [1.82, 2.24) is 9.78 Å². The fourth-order valence-electron chi connectivity index (χ4n) is 4.73. The van der Waals surface area contributed by atoms with Gasteiger partial charge in [0.2, 0.25) is 5.91 Å². The first kappa shape index (κ1) is 17.3. The highest BCUT2D eigenvalue weighted by molar-refractivity contribution is 5.91. The van der Waals surface area contributed by atoms with Crippen molar-refractivity contribution in [3.05, 3.63) is 48.2 Å². The highest BCUT2D eigenvalue weighted by atomic mass is 16.2. The van der Waals surface area contributed by atoms with Gasteiger partial charge in [-0.25, -0.2) is 4.68 Å². The summed E-state index contributed by atoms with van der Waals surface area (Å²) in [5.41, 5.74) is 7.63. The molecule has 2 atom stereocenters. The Balaban J connectivity index is 1.37. The SMILES string of the molecule is NC1C2CCCC1CC(C(=O)Nc1ccnn1CCc1ccccc1)C2. The average Bonchev–Trinajstić information content (AvgIpc) is 3.07. The lowest BCUT2D eigenvalue weighted by atomic mass is 9.65. The van der Waals surface area contributed by atoms with Crippen molar-refractivity contribution >= 4 is 11.7 Å². The van der Waals surface area contributed by atoms with Gasteiger partial charge in [-0.15, -0.1) is 0 Å². The van der Waals surface area contributed by atoms with Crippen LogP contribution >= 0.6 is 0 Å². The smallest absolute Gasteiger partial charge is 0.228 e. The molecule has 2 aliphatic carbocycles. The first-order valence-corrected chi connectivity index (χ1v) is 9.83. The van der Waals surface area contributed by atoms with Crippen molar-refractivity contribution in [3.8, 4) is 0 Å². The molecule has 2 fully saturated rings. The zero-order valence-electron chi connectivity index (χ0n) is 15.2. The van der Waals surface area contributed by atoms with Gasteiger partial charge in [-0.1, -0.05) is 36.8 Å². The van der Waals surface area contributed by atoms with Gasteiger partial charge >= 0.3 is 0 Å². The zero-order chi connectivity index (χ0) is 17.9. The molecule has 138 valence electrons. The van der Waals surface area contributed by atoms with Crippen LogP contribution in [0.3, 0.4) is 0 Å². The zero-order valence-corrected chi connectivity index (χ0v) is 15.2. The monoisotopic (exact) mass is 352 g/mol. The lowest BCUT2D eigenvalue weighted by Gasteiger charge is -2.43. The summed E-state index contributed by atoms with van der Waals surface area (Å²) in [6.45, 7) is 0.757. The Bertz CT molecular complexity index is 727. The van der Waals surface area contributed by atoms with Crippen LogP contribution in [0.5, 0.6) is 0 Å². The minimum absolute atomic E-state index is 0.0857. The molecule has 2 saturated carbocycles. The minimum Gasteiger partial charge on any atom is -0.327 e. The second-order valence-electron chi connectivity index (χ2n) is 7.86. The van der Waals surface area contributed by atoms with Gasteiger partial charge in [-0.05, 0) is 49.5 Å². The van der Waals surface area contributed by atoms with Crippen LogP contribution < -0.4 is 11.1 Å². The first-order valence-electron chi connectivity index (χ1n) is 9.83. The van der Waals surface area contributed by atoms with Crippen molar-refractivity contribution in [2.45, 2.75) is 51.1 Å². The number of hydrogen-bond donors (Lipinski definition) is 2. The first-order chi connectivity index (χ1) is 12.7. The lowest BCUT2D eigenvalue weighted by Crippen LogP contribution is -2.48. The Morgan fingerprint density at radius 1 is 1.15 bits per heavy atom. The van der Waals surface area contributed by atoms with E-state index in [0.29, 0.717) is 17.9 Å². The van der Waals surface area contributed by atoms with Crippen LogP contribution in [0.15, 0.2) is 42.6 Å². The van der Waals surface area contributed by atoms with E-state index in [1.165, 1.54) is 24.8 Å². The average molecular weight is 352 g/mol. The molecule has 2 aliphatic rings. The molecule has 26 heavy (non-hydrogen) atoms. The maximum Gasteiger partial charge on any atom is 0.228 e. The molecule has 0 saturated heterocycles. The fourth-order valence-corrected chi connectivity index (χ4v) is 4.73. The highest BCUT2D eigenvalue weighted by Gasteiger charge is 2.40. The van der Waals surface area contributed by atoms with Gasteiger partial charge in [-0.3, -0.25) is 4.79 Å². The molecule has 5 nitrogen and oxygen atoms in total. The number of carbonyl (C=O) groups excluding carboxylic acids is 1. The van der Waals surface area contributed by atoms with Crippen molar-refractivity contribution in [3.63, 3.8) is 0 Å². The predicted molar refractivity (Wildman–Crippen MR) is 103 cm³/mol. The summed E-state index contributed by atoms with van der Waals surface area (Å²) in [6.07, 6.45) is 8.14. The third kappa shape index (κ3) is 3.68. The number of rotatable bonds is 5. The van der Waals surface area contributed by atoms with E-state index in [2.05, 4.69) is 22.5 Å². The molecule has 2 aromatic rings. The molecule has 5 heteroatoms. The molecule has 1 heterocycles. The van der Waals surface area contributed by atoms with Crippen molar-refractivity contribution in [2.75, 3.05) is 5.32 Å². The maximum absolute atomic E-state index is 12.8. The Labute approximate surface area is 155 Å². The molecule has 0 aliphatic heterocycles. The van der Waals surface area contributed by atoms with Crippen LogP contribution in [0.1, 0.15) is 37.7 Å². The Morgan fingerprint density at radius 3 is 2.62 bits per heavy atom. The molecule has 0 spiro atoms. The van der Waals surface area contributed by atoms with Gasteiger partial charge in [0.25, 0.3) is 0 Å². The predicted octanol–water partition coefficient (Wildman–Crippen LogP) is 3.22. The van der Waals surface area contributed by atoms with Gasteiger partial charge in [0.1, 0.15) is 5.82 Å². The number of fused-ring (bicyclic) bond motifs is 2. The number of anilines is 1. The number of benzene rings is 1. The number of nitrogens with zero attached hydrogens (tertiary/aromatic N) is 2. The van der Waals surface area contributed by atoms with E-state index in [1.807, 2.05) is 28.9 Å². The van der Waals surface area contributed by atoms with E-state index in [1.54, 1.807) is 6.20 Å². The largest absolute Gasteiger partial charge is 0.327 e. The van der Waals surface area contributed by atoms with E-state index < -0.39 is 0 Å². The minimum atomic E-state index is 0.0857. The Hall–Kier alpha value is -2.14. The number of amides is 1. The van der Waals surface area contributed by atoms with Gasteiger partial charge in [0.05, 0.1) is 6.20 Å². The van der Waals surface area contributed by atoms with Crippen LogP contribution in [-0.2, 0) is 17.8 Å². The number of hydrogen-bond acceptors (Lipinski definition) is 3. The summed E-state index contributed by atoms with van der Waals surface area (Å²) in [5, 5.41) is 7.50. The van der Waals surface area contributed by atoms with E-state index in [4.69, 9.17) is 5.73 Å². The summed E-state index contributed by atoms with van der Waals surface area (Å²) >= 11 is 0. The van der Waals surface area contributed by atoms with Gasteiger partial charge in [0, 0.05) is 24.6 Å². The molecule has 4 rings (SSSR count). The van der Waals surface area contributed by atoms with E-state index >= 15 is 0 Å². The molecule has 3 N–H and O–H groups in total. The summed E-state index contributed by atoms with van der Waals surface area (Å²) in [4.78, 5) is 12.8. The highest BCUT2D eigenvalue weighted by Crippen LogP contribution is 2.42. The topological polar surface area (TPSA) is 72.9 Å². The maximum atomic E-state index is 12.8. The molecule has 2 unspecified atom stereocenters. The summed E-state index contributed by atoms with van der Waals surface area (Å²) in [7, 11) is 0. The van der Waals surface area contributed by atoms with Gasteiger partial charge < -0.3 is 11.1 Å². The molecule has 0 radical (unpaired) electrons. The van der Waals surface area contributed by atoms with Crippen LogP contribution in [0.4, 0.5) is 5.82 Å². The second-order valence-corrected chi connectivity index (χ2v) is 7.86. The van der Waals surface area contributed by atoms with Crippen LogP contribution in [0.25, 0.3) is 0 Å². The Kier molecular flexibility index (Phi) is 5.07. The van der Waals surface area contributed by atoms with Crippen LogP contribution in [0.2, 0.25) is 0 Å². The number of nitrogens with one attached hydrogen (secondary N) is 1.